The fraction of sp³-hybridized carbons (Fsp3) is 0.654. The third-order valence-corrected chi connectivity index (χ3v) is 9.00. The number of likely N-dealkylation sites (tertiary alicyclic amines) is 1. The summed E-state index contributed by atoms with van der Waals surface area (Å²) in [6.45, 7) is 4.48. The normalized spacial score (nSPS) is 30.0. The van der Waals surface area contributed by atoms with Crippen molar-refractivity contribution in [2.45, 2.75) is 76.0 Å². The summed E-state index contributed by atoms with van der Waals surface area (Å²) in [7, 11) is 0. The molecule has 3 saturated heterocycles. The zero-order chi connectivity index (χ0) is 28.3. The highest BCUT2D eigenvalue weighted by atomic mass is 35.5. The monoisotopic (exact) mass is 572 g/mol. The second kappa shape index (κ2) is 9.81. The Hall–Kier alpha value is -2.57. The SMILES string of the molecule is C[C@H]1C(=O)N2[C@@H](CCC(=O)N3CCC4(CC4)[C@H](O)C3)COC2(C)CN1C(=O)Nc1ccc(C(F)(F)F)c(Cl)c1. The van der Waals surface area contributed by atoms with Crippen LogP contribution in [0, 0.1) is 5.41 Å². The maximum Gasteiger partial charge on any atom is 0.417 e. The number of β-amino-alcohol motifs (C(OH)–C–C–N with tert-alkyl or cyclic N) is 1. The highest BCUT2D eigenvalue weighted by molar-refractivity contribution is 6.31. The summed E-state index contributed by atoms with van der Waals surface area (Å²) in [6.07, 6.45) is -1.69. The molecule has 214 valence electrons. The number of nitrogens with zero attached hydrogens (tertiary/aromatic N) is 3. The van der Waals surface area contributed by atoms with Gasteiger partial charge >= 0.3 is 12.2 Å². The minimum atomic E-state index is -4.62. The number of piperidine rings is 1. The first-order valence-corrected chi connectivity index (χ1v) is 13.5. The van der Waals surface area contributed by atoms with Crippen molar-refractivity contribution in [2.24, 2.45) is 5.41 Å². The first kappa shape index (κ1) is 28.0. The van der Waals surface area contributed by atoms with Gasteiger partial charge in [0.15, 0.2) is 5.72 Å². The Kier molecular flexibility index (Phi) is 7.04. The smallest absolute Gasteiger partial charge is 0.391 e. The predicted octanol–water partition coefficient (Wildman–Crippen LogP) is 3.69. The van der Waals surface area contributed by atoms with Gasteiger partial charge in [0.2, 0.25) is 11.8 Å². The highest BCUT2D eigenvalue weighted by Gasteiger charge is 2.55. The maximum atomic E-state index is 13.4. The molecule has 4 atom stereocenters. The summed E-state index contributed by atoms with van der Waals surface area (Å²) in [5, 5.41) is 12.4. The molecule has 3 aliphatic heterocycles. The van der Waals surface area contributed by atoms with E-state index in [9.17, 15) is 32.7 Å². The number of alkyl halides is 3. The van der Waals surface area contributed by atoms with Gasteiger partial charge < -0.3 is 29.9 Å². The van der Waals surface area contributed by atoms with E-state index >= 15 is 0 Å². The number of urea groups is 1. The van der Waals surface area contributed by atoms with Gasteiger partial charge in [-0.3, -0.25) is 9.59 Å². The number of hydrogen-bond donors (Lipinski definition) is 2. The van der Waals surface area contributed by atoms with Gasteiger partial charge in [-0.25, -0.2) is 4.79 Å². The van der Waals surface area contributed by atoms with Crippen molar-refractivity contribution >= 4 is 35.1 Å². The number of aliphatic hydroxyl groups is 1. The number of piperazine rings is 1. The van der Waals surface area contributed by atoms with E-state index in [4.69, 9.17) is 16.3 Å². The number of amides is 4. The third kappa shape index (κ3) is 5.18. The molecule has 39 heavy (non-hydrogen) atoms. The summed E-state index contributed by atoms with van der Waals surface area (Å²) in [6, 6.07) is 1.01. The molecule has 0 radical (unpaired) electrons. The molecule has 1 unspecified atom stereocenters. The lowest BCUT2D eigenvalue weighted by molar-refractivity contribution is -0.167. The van der Waals surface area contributed by atoms with E-state index in [0.717, 1.165) is 37.5 Å². The van der Waals surface area contributed by atoms with Crippen molar-refractivity contribution in [3.8, 4) is 0 Å². The molecule has 4 aliphatic rings. The first-order chi connectivity index (χ1) is 18.2. The number of rotatable bonds is 4. The van der Waals surface area contributed by atoms with E-state index in [1.165, 1.54) is 4.90 Å². The molecule has 4 fully saturated rings. The van der Waals surface area contributed by atoms with Crippen molar-refractivity contribution in [3.05, 3.63) is 28.8 Å². The van der Waals surface area contributed by atoms with Crippen LogP contribution in [0.1, 0.15) is 51.5 Å². The number of halogens is 4. The lowest BCUT2D eigenvalue weighted by Gasteiger charge is -2.47. The number of benzene rings is 1. The van der Waals surface area contributed by atoms with Crippen LogP contribution in [0.5, 0.6) is 0 Å². The van der Waals surface area contributed by atoms with Gasteiger partial charge in [-0.2, -0.15) is 13.2 Å². The van der Waals surface area contributed by atoms with E-state index in [0.29, 0.717) is 19.5 Å². The Morgan fingerprint density at radius 2 is 1.97 bits per heavy atom. The number of carbonyl (C=O) groups is 3. The van der Waals surface area contributed by atoms with Crippen LogP contribution in [0.3, 0.4) is 0 Å². The molecule has 3 heterocycles. The minimum Gasteiger partial charge on any atom is -0.391 e. The Balaban J connectivity index is 1.20. The van der Waals surface area contributed by atoms with Crippen LogP contribution in [0.15, 0.2) is 18.2 Å². The number of nitrogens with one attached hydrogen (secondary N) is 1. The molecule has 4 amide bonds. The fourth-order valence-electron chi connectivity index (χ4n) is 6.04. The van der Waals surface area contributed by atoms with Crippen LogP contribution in [0.2, 0.25) is 5.02 Å². The third-order valence-electron chi connectivity index (χ3n) is 8.69. The molecule has 5 rings (SSSR count). The number of anilines is 1. The van der Waals surface area contributed by atoms with Crippen molar-refractivity contribution in [1.82, 2.24) is 14.7 Å². The molecular formula is C26H32ClF3N4O5. The zero-order valence-corrected chi connectivity index (χ0v) is 22.5. The summed E-state index contributed by atoms with van der Waals surface area (Å²) in [5.41, 5.74) is -2.07. The highest BCUT2D eigenvalue weighted by Crippen LogP contribution is 2.53. The van der Waals surface area contributed by atoms with Crippen LogP contribution in [0.4, 0.5) is 23.7 Å². The lowest BCUT2D eigenvalue weighted by Crippen LogP contribution is -2.67. The summed E-state index contributed by atoms with van der Waals surface area (Å²) in [4.78, 5) is 43.9. The largest absolute Gasteiger partial charge is 0.417 e. The topological polar surface area (TPSA) is 102 Å². The number of hydrogen-bond acceptors (Lipinski definition) is 5. The van der Waals surface area contributed by atoms with E-state index in [2.05, 4.69) is 5.32 Å². The predicted molar refractivity (Wildman–Crippen MR) is 135 cm³/mol. The second-order valence-corrected chi connectivity index (χ2v) is 11.7. The molecular weight excluding hydrogens is 541 g/mol. The summed E-state index contributed by atoms with van der Waals surface area (Å²) < 4.78 is 45.0. The molecule has 1 saturated carbocycles. The molecule has 1 aromatic rings. The van der Waals surface area contributed by atoms with Gasteiger partial charge in [-0.05, 0) is 63.1 Å². The zero-order valence-electron chi connectivity index (χ0n) is 21.8. The van der Waals surface area contributed by atoms with Crippen LogP contribution in [0.25, 0.3) is 0 Å². The molecule has 13 heteroatoms. The summed E-state index contributed by atoms with van der Waals surface area (Å²) in [5.74, 6) is -0.407. The van der Waals surface area contributed by atoms with Crippen molar-refractivity contribution in [1.29, 1.82) is 0 Å². The molecule has 0 bridgehead atoms. The molecule has 2 N–H and O–H groups in total. The minimum absolute atomic E-state index is 0.00515. The standard InChI is InChI=1S/C26H32ClF3N4O5/c1-15-22(37)34-17(4-6-21(36)32-10-9-25(7-8-25)20(35)12-32)13-39-24(34,2)14-33(15)23(38)31-16-3-5-18(19(27)11-16)26(28,29)30/h3,5,11,15,17,20,35H,4,6-10,12-14H2,1-2H3,(H,31,38)/t15-,17-,20+,24?/m0/s1. The van der Waals surface area contributed by atoms with Gasteiger partial charge in [0.1, 0.15) is 6.04 Å². The van der Waals surface area contributed by atoms with Gasteiger partial charge in [0, 0.05) is 25.2 Å². The Morgan fingerprint density at radius 3 is 2.59 bits per heavy atom. The Bertz CT molecular complexity index is 1180. The van der Waals surface area contributed by atoms with Gasteiger partial charge in [-0.1, -0.05) is 11.6 Å². The molecule has 1 aliphatic carbocycles. The van der Waals surface area contributed by atoms with Crippen LogP contribution in [-0.2, 0) is 20.5 Å². The number of carbonyl (C=O) groups excluding carboxylic acids is 3. The van der Waals surface area contributed by atoms with E-state index in [1.807, 2.05) is 0 Å². The van der Waals surface area contributed by atoms with Crippen LogP contribution < -0.4 is 5.32 Å². The molecule has 1 aromatic carbocycles. The van der Waals surface area contributed by atoms with Gasteiger partial charge in [0.05, 0.1) is 35.9 Å². The van der Waals surface area contributed by atoms with E-state index in [1.54, 1.807) is 23.6 Å². The fourth-order valence-corrected chi connectivity index (χ4v) is 6.33. The number of aliphatic hydroxyl groups excluding tert-OH is 1. The molecule has 1 spiro atoms. The quantitative estimate of drug-likeness (QED) is 0.573. The average Bonchev–Trinajstić information content (AvgIpc) is 3.56. The van der Waals surface area contributed by atoms with Crippen LogP contribution in [-0.4, -0.2) is 87.8 Å². The second-order valence-electron chi connectivity index (χ2n) is 11.3. The van der Waals surface area contributed by atoms with Crippen LogP contribution >= 0.6 is 11.6 Å². The number of fused-ring (bicyclic) bond motifs is 1. The first-order valence-electron chi connectivity index (χ1n) is 13.1. The Labute approximate surface area is 229 Å². The molecule has 0 aromatic heterocycles. The van der Waals surface area contributed by atoms with Gasteiger partial charge in [-0.15, -0.1) is 0 Å². The van der Waals surface area contributed by atoms with Crippen molar-refractivity contribution in [3.63, 3.8) is 0 Å². The maximum absolute atomic E-state index is 13.4. The van der Waals surface area contributed by atoms with Crippen molar-refractivity contribution < 1.29 is 37.4 Å². The molecule has 9 nitrogen and oxygen atoms in total. The Morgan fingerprint density at radius 1 is 1.26 bits per heavy atom. The lowest BCUT2D eigenvalue weighted by atomic mass is 9.90. The number of ether oxygens (including phenoxy) is 1. The van der Waals surface area contributed by atoms with Gasteiger partial charge in [0.25, 0.3) is 0 Å². The van der Waals surface area contributed by atoms with E-state index in [-0.39, 0.29) is 48.5 Å². The van der Waals surface area contributed by atoms with E-state index < -0.39 is 40.7 Å². The van der Waals surface area contributed by atoms with Crippen molar-refractivity contribution in [2.75, 3.05) is 31.6 Å². The average molecular weight is 573 g/mol. The summed E-state index contributed by atoms with van der Waals surface area (Å²) >= 11 is 5.77.